The van der Waals surface area contributed by atoms with Gasteiger partial charge < -0.3 is 20.7 Å². The third-order valence-corrected chi connectivity index (χ3v) is 4.38. The highest BCUT2D eigenvalue weighted by Gasteiger charge is 2.57. The number of aryl methyl sites for hydroxylation is 1. The number of hydrogen-bond donors (Lipinski definition) is 3. The number of hydrogen-bond acceptors (Lipinski definition) is 4. The van der Waals surface area contributed by atoms with Crippen molar-refractivity contribution >= 4 is 18.3 Å². The second-order valence-corrected chi connectivity index (χ2v) is 6.09. The highest BCUT2D eigenvalue weighted by Crippen LogP contribution is 2.40. The molecule has 138 valence electrons. The Labute approximate surface area is 144 Å². The number of aliphatic hydroxyl groups is 1. The van der Waals surface area contributed by atoms with E-state index in [4.69, 9.17) is 5.73 Å². The van der Waals surface area contributed by atoms with E-state index in [0.29, 0.717) is 12.8 Å². The fourth-order valence-corrected chi connectivity index (χ4v) is 2.91. The SMILES string of the molecule is Cl.Cn1ccnc1C(O)(CCNC(=O)C1(N)CCCC1)C(F)(F)F. The average Bonchev–Trinajstić information content (AvgIpc) is 3.07. The summed E-state index contributed by atoms with van der Waals surface area (Å²) in [6, 6.07) is 0. The van der Waals surface area contributed by atoms with Gasteiger partial charge in [-0.2, -0.15) is 13.2 Å². The van der Waals surface area contributed by atoms with Crippen molar-refractivity contribution in [1.82, 2.24) is 14.9 Å². The van der Waals surface area contributed by atoms with Gasteiger partial charge in [-0.05, 0) is 12.8 Å². The van der Waals surface area contributed by atoms with E-state index in [1.54, 1.807) is 0 Å². The van der Waals surface area contributed by atoms with Crippen LogP contribution in [0.3, 0.4) is 0 Å². The van der Waals surface area contributed by atoms with Crippen LogP contribution in [0.1, 0.15) is 37.9 Å². The monoisotopic (exact) mass is 370 g/mol. The molecule has 1 aliphatic carbocycles. The Morgan fingerprint density at radius 2 is 2.04 bits per heavy atom. The van der Waals surface area contributed by atoms with E-state index in [1.807, 2.05) is 0 Å². The molecule has 0 radical (unpaired) electrons. The van der Waals surface area contributed by atoms with Crippen LogP contribution in [0.5, 0.6) is 0 Å². The van der Waals surface area contributed by atoms with E-state index in [0.717, 1.165) is 17.4 Å². The number of imidazole rings is 1. The molecule has 4 N–H and O–H groups in total. The van der Waals surface area contributed by atoms with Crippen molar-refractivity contribution in [2.45, 2.75) is 49.4 Å². The van der Waals surface area contributed by atoms with Crippen LogP contribution in [0.15, 0.2) is 12.4 Å². The Morgan fingerprint density at radius 1 is 1.46 bits per heavy atom. The smallest absolute Gasteiger partial charge is 0.374 e. The predicted molar refractivity (Wildman–Crippen MR) is 83.4 cm³/mol. The van der Waals surface area contributed by atoms with Gasteiger partial charge in [-0.15, -0.1) is 12.4 Å². The van der Waals surface area contributed by atoms with Gasteiger partial charge in [-0.1, -0.05) is 12.8 Å². The molecule has 10 heteroatoms. The molecule has 2 rings (SSSR count). The second kappa shape index (κ2) is 7.28. The third-order valence-electron chi connectivity index (χ3n) is 4.38. The minimum absolute atomic E-state index is 0. The predicted octanol–water partition coefficient (Wildman–Crippen LogP) is 1.37. The number of nitrogens with one attached hydrogen (secondary N) is 1. The number of aromatic nitrogens is 2. The number of nitrogens with two attached hydrogens (primary N) is 1. The highest BCUT2D eigenvalue weighted by atomic mass is 35.5. The lowest BCUT2D eigenvalue weighted by molar-refractivity contribution is -0.272. The minimum Gasteiger partial charge on any atom is -0.374 e. The molecule has 0 saturated heterocycles. The first-order valence-corrected chi connectivity index (χ1v) is 7.44. The summed E-state index contributed by atoms with van der Waals surface area (Å²) in [5.41, 5.74) is 1.80. The van der Waals surface area contributed by atoms with Crippen LogP contribution < -0.4 is 11.1 Å². The summed E-state index contributed by atoms with van der Waals surface area (Å²) in [6.45, 7) is -0.347. The number of carbonyl (C=O) groups excluding carboxylic acids is 1. The van der Waals surface area contributed by atoms with Gasteiger partial charge in [-0.25, -0.2) is 4.98 Å². The Kier molecular flexibility index (Phi) is 6.29. The Balaban J connectivity index is 0.00000288. The van der Waals surface area contributed by atoms with Gasteiger partial charge in [0, 0.05) is 32.4 Å². The zero-order valence-corrected chi connectivity index (χ0v) is 14.1. The third kappa shape index (κ3) is 3.84. The molecular weight excluding hydrogens is 349 g/mol. The van der Waals surface area contributed by atoms with Crippen molar-refractivity contribution in [3.8, 4) is 0 Å². The molecule has 0 bridgehead atoms. The van der Waals surface area contributed by atoms with Crippen LogP contribution in [-0.4, -0.2) is 38.8 Å². The second-order valence-electron chi connectivity index (χ2n) is 6.09. The zero-order valence-electron chi connectivity index (χ0n) is 13.3. The molecule has 0 aliphatic heterocycles. The maximum atomic E-state index is 13.3. The molecule has 6 nitrogen and oxygen atoms in total. The summed E-state index contributed by atoms with van der Waals surface area (Å²) < 4.78 is 41.0. The summed E-state index contributed by atoms with van der Waals surface area (Å²) in [4.78, 5) is 15.6. The van der Waals surface area contributed by atoms with E-state index in [9.17, 15) is 23.1 Å². The van der Waals surface area contributed by atoms with Gasteiger partial charge in [-0.3, -0.25) is 4.79 Å². The standard InChI is InChI=1S/C14H21F3N4O2.ClH/c1-21-9-8-19-10(21)13(23,14(15,16)17)6-7-20-11(22)12(18)4-2-3-5-12;/h8-9,23H,2-7,18H2,1H3,(H,20,22);1H. The Bertz CT molecular complexity index is 573. The lowest BCUT2D eigenvalue weighted by Gasteiger charge is -2.30. The number of rotatable bonds is 5. The number of nitrogens with zero attached hydrogens (tertiary/aromatic N) is 2. The summed E-state index contributed by atoms with van der Waals surface area (Å²) in [5.74, 6) is -0.984. The molecule has 1 saturated carbocycles. The number of alkyl halides is 3. The van der Waals surface area contributed by atoms with Gasteiger partial charge in [0.05, 0.1) is 5.54 Å². The van der Waals surface area contributed by atoms with Crippen molar-refractivity contribution in [2.24, 2.45) is 12.8 Å². The Morgan fingerprint density at radius 3 is 2.50 bits per heavy atom. The quantitative estimate of drug-likeness (QED) is 0.729. The van der Waals surface area contributed by atoms with Gasteiger partial charge >= 0.3 is 6.18 Å². The number of amides is 1. The molecule has 24 heavy (non-hydrogen) atoms. The van der Waals surface area contributed by atoms with Gasteiger partial charge in [0.2, 0.25) is 11.5 Å². The van der Waals surface area contributed by atoms with E-state index < -0.39 is 35.5 Å². The summed E-state index contributed by atoms with van der Waals surface area (Å²) in [6.07, 6.45) is -0.472. The molecule has 1 aromatic heterocycles. The molecule has 1 fully saturated rings. The van der Waals surface area contributed by atoms with Crippen LogP contribution in [0.2, 0.25) is 0 Å². The van der Waals surface area contributed by atoms with Crippen LogP contribution in [-0.2, 0) is 17.4 Å². The van der Waals surface area contributed by atoms with E-state index in [2.05, 4.69) is 10.3 Å². The zero-order chi connectivity index (χ0) is 17.3. The Hall–Kier alpha value is -1.32. The highest BCUT2D eigenvalue weighted by molar-refractivity contribution is 5.86. The van der Waals surface area contributed by atoms with Gasteiger partial charge in [0.15, 0.2) is 0 Å². The minimum atomic E-state index is -4.91. The lowest BCUT2D eigenvalue weighted by Crippen LogP contribution is -2.53. The summed E-state index contributed by atoms with van der Waals surface area (Å²) in [7, 11) is 1.37. The van der Waals surface area contributed by atoms with Crippen molar-refractivity contribution in [3.05, 3.63) is 18.2 Å². The molecule has 1 amide bonds. The normalized spacial score (nSPS) is 19.4. The van der Waals surface area contributed by atoms with E-state index >= 15 is 0 Å². The number of carbonyl (C=O) groups is 1. The molecule has 1 aromatic rings. The molecule has 1 heterocycles. The molecular formula is C14H22ClF3N4O2. The van der Waals surface area contributed by atoms with Crippen molar-refractivity contribution in [3.63, 3.8) is 0 Å². The van der Waals surface area contributed by atoms with Crippen LogP contribution in [0.4, 0.5) is 13.2 Å². The van der Waals surface area contributed by atoms with Crippen molar-refractivity contribution < 1.29 is 23.1 Å². The summed E-state index contributed by atoms with van der Waals surface area (Å²) >= 11 is 0. The fourth-order valence-electron chi connectivity index (χ4n) is 2.91. The maximum Gasteiger partial charge on any atom is 0.424 e. The lowest BCUT2D eigenvalue weighted by atomic mass is 9.96. The fraction of sp³-hybridized carbons (Fsp3) is 0.714. The van der Waals surface area contributed by atoms with Crippen LogP contribution in [0.25, 0.3) is 0 Å². The van der Waals surface area contributed by atoms with Crippen LogP contribution >= 0.6 is 12.4 Å². The first kappa shape index (κ1) is 20.7. The maximum absolute atomic E-state index is 13.3. The largest absolute Gasteiger partial charge is 0.424 e. The summed E-state index contributed by atoms with van der Waals surface area (Å²) in [5, 5.41) is 12.6. The number of halogens is 4. The van der Waals surface area contributed by atoms with Gasteiger partial charge in [0.1, 0.15) is 5.82 Å². The average molecular weight is 371 g/mol. The first-order chi connectivity index (χ1) is 10.6. The topological polar surface area (TPSA) is 93.2 Å². The molecule has 1 atom stereocenters. The van der Waals surface area contributed by atoms with Crippen molar-refractivity contribution in [1.29, 1.82) is 0 Å². The van der Waals surface area contributed by atoms with E-state index in [1.165, 1.54) is 19.4 Å². The molecule has 0 spiro atoms. The first-order valence-electron chi connectivity index (χ1n) is 7.44. The van der Waals surface area contributed by atoms with Crippen molar-refractivity contribution in [2.75, 3.05) is 6.54 Å². The van der Waals surface area contributed by atoms with Gasteiger partial charge in [0.25, 0.3) is 0 Å². The molecule has 1 aliphatic rings. The molecule has 1 unspecified atom stereocenters. The molecule has 0 aromatic carbocycles. The van der Waals surface area contributed by atoms with Crippen LogP contribution in [0, 0.1) is 0 Å². The van der Waals surface area contributed by atoms with E-state index in [-0.39, 0.29) is 19.0 Å².